The Morgan fingerprint density at radius 2 is 1.46 bits per heavy atom. The average molecular weight is 727 g/mol. The van der Waals surface area contributed by atoms with Gasteiger partial charge in [-0.05, 0) is 108 Å². The lowest BCUT2D eigenvalue weighted by Gasteiger charge is -2.36. The molecule has 2 atom stereocenters. The zero-order valence-corrected chi connectivity index (χ0v) is 32.5. The summed E-state index contributed by atoms with van der Waals surface area (Å²) in [7, 11) is 0. The molecule has 4 N–H and O–H groups in total. The fourth-order valence-electron chi connectivity index (χ4n) is 5.85. The van der Waals surface area contributed by atoms with E-state index >= 15 is 0 Å². The van der Waals surface area contributed by atoms with Crippen molar-refractivity contribution in [1.29, 1.82) is 0 Å². The lowest BCUT2D eigenvalue weighted by molar-refractivity contribution is -0.137. The molecule has 0 spiro atoms. The molecule has 0 aliphatic carbocycles. The predicted molar refractivity (Wildman–Crippen MR) is 199 cm³/mol. The van der Waals surface area contributed by atoms with Gasteiger partial charge in [-0.25, -0.2) is 18.9 Å². The summed E-state index contributed by atoms with van der Waals surface area (Å²) in [5.41, 5.74) is 8.50. The molecule has 15 heteroatoms. The second-order valence-electron chi connectivity index (χ2n) is 15.2. The highest BCUT2D eigenvalue weighted by molar-refractivity contribution is 5.82. The molecule has 5 heterocycles. The highest BCUT2D eigenvalue weighted by atomic mass is 16.6. The van der Waals surface area contributed by atoms with Crippen molar-refractivity contribution in [3.8, 4) is 0 Å². The Balaban J connectivity index is 0.000000232. The summed E-state index contributed by atoms with van der Waals surface area (Å²) in [5.74, 6) is 0.196. The van der Waals surface area contributed by atoms with Gasteiger partial charge in [0.05, 0.1) is 30.1 Å². The van der Waals surface area contributed by atoms with Crippen molar-refractivity contribution in [1.82, 2.24) is 34.6 Å². The highest BCUT2D eigenvalue weighted by Crippen LogP contribution is 2.33. The van der Waals surface area contributed by atoms with E-state index in [1.807, 2.05) is 68.4 Å². The number of aryl methyl sites for hydroxylation is 1. The average Bonchev–Trinajstić information content (AvgIpc) is 3.66. The number of carbonyl (C=O) groups is 3. The summed E-state index contributed by atoms with van der Waals surface area (Å²) in [6.45, 7) is 20.4. The number of piperidine rings is 2. The molecule has 0 saturated carbocycles. The predicted octanol–water partition coefficient (Wildman–Crippen LogP) is 6.76. The first kappa shape index (κ1) is 41.6. The first-order valence-electron chi connectivity index (χ1n) is 18.0. The molecule has 0 aromatic carbocycles. The van der Waals surface area contributed by atoms with Crippen molar-refractivity contribution in [2.75, 3.05) is 25.4 Å². The molecule has 0 unspecified atom stereocenters. The third-order valence-corrected chi connectivity index (χ3v) is 7.93. The van der Waals surface area contributed by atoms with Crippen LogP contribution < -0.4 is 11.3 Å². The molecule has 3 aromatic rings. The molecular weight excluding hydrogens is 668 g/mol. The van der Waals surface area contributed by atoms with Crippen LogP contribution in [0.25, 0.3) is 5.65 Å². The van der Waals surface area contributed by atoms with Gasteiger partial charge in [0.1, 0.15) is 22.7 Å². The van der Waals surface area contributed by atoms with Gasteiger partial charge < -0.3 is 24.9 Å². The minimum absolute atomic E-state index is 0.0200. The number of nitrogens with one attached hydrogen (secondary N) is 2. The number of hydrogen-bond donors (Lipinski definition) is 3. The first-order chi connectivity index (χ1) is 24.3. The third kappa shape index (κ3) is 12.7. The lowest BCUT2D eigenvalue weighted by Crippen LogP contribution is -2.42. The third-order valence-electron chi connectivity index (χ3n) is 7.93. The van der Waals surface area contributed by atoms with E-state index in [0.717, 1.165) is 61.2 Å². The van der Waals surface area contributed by atoms with Crippen LogP contribution in [0.1, 0.15) is 130 Å². The first-order valence-corrected chi connectivity index (χ1v) is 18.0. The number of nitrogen functional groups attached to an aromatic ring is 1. The van der Waals surface area contributed by atoms with Gasteiger partial charge in [0.15, 0.2) is 0 Å². The number of carbonyl (C=O) groups excluding carboxylic acids is 3. The fourth-order valence-corrected chi connectivity index (χ4v) is 5.85. The fraction of sp³-hybridized carbons (Fsp3) is 0.622. The molecule has 2 aliphatic heterocycles. The Morgan fingerprint density at radius 3 is 1.96 bits per heavy atom. The van der Waals surface area contributed by atoms with Crippen LogP contribution in [0.15, 0.2) is 34.6 Å². The van der Waals surface area contributed by atoms with Crippen LogP contribution in [0.2, 0.25) is 0 Å². The van der Waals surface area contributed by atoms with Crippen LogP contribution in [-0.4, -0.2) is 83.6 Å². The molecule has 15 nitrogen and oxygen atoms in total. The van der Waals surface area contributed by atoms with E-state index in [9.17, 15) is 19.2 Å². The van der Waals surface area contributed by atoms with Crippen LogP contribution in [0, 0.1) is 6.92 Å². The number of amides is 2. The summed E-state index contributed by atoms with van der Waals surface area (Å²) in [6.07, 6.45) is 6.71. The normalized spacial score (nSPS) is 17.6. The Hall–Kier alpha value is -4.82. The maximum atomic E-state index is 12.5. The Bertz CT molecular complexity index is 1740. The number of allylic oxidation sites excluding steroid dienone is 1. The topological polar surface area (TPSA) is 190 Å². The molecule has 0 bridgehead atoms. The zero-order valence-electron chi connectivity index (χ0n) is 32.5. The van der Waals surface area contributed by atoms with Gasteiger partial charge >= 0.3 is 18.2 Å². The van der Waals surface area contributed by atoms with Gasteiger partial charge in [0, 0.05) is 43.1 Å². The van der Waals surface area contributed by atoms with E-state index in [1.165, 1.54) is 12.1 Å². The van der Waals surface area contributed by atoms with Crippen molar-refractivity contribution < 1.29 is 28.6 Å². The number of fused-ring (bicyclic) bond motifs is 1. The Kier molecular flexibility index (Phi) is 14.5. The van der Waals surface area contributed by atoms with Crippen molar-refractivity contribution in [2.24, 2.45) is 0 Å². The summed E-state index contributed by atoms with van der Waals surface area (Å²) >= 11 is 0. The van der Waals surface area contributed by atoms with Crippen molar-refractivity contribution in [3.05, 3.63) is 57.3 Å². The number of nitrogens with two attached hydrogens (primary N) is 1. The largest absolute Gasteiger partial charge is 0.463 e. The molecule has 2 aliphatic rings. The second kappa shape index (κ2) is 18.1. The molecule has 3 aromatic heterocycles. The molecule has 2 fully saturated rings. The maximum Gasteiger partial charge on any atom is 0.410 e. The van der Waals surface area contributed by atoms with E-state index in [-0.39, 0.29) is 35.8 Å². The Morgan fingerprint density at radius 1 is 0.904 bits per heavy atom. The van der Waals surface area contributed by atoms with E-state index in [4.69, 9.17) is 15.2 Å². The number of H-pyrrole nitrogens is 2. The summed E-state index contributed by atoms with van der Waals surface area (Å²) in [4.78, 5) is 53.3. The minimum atomic E-state index is -0.528. The van der Waals surface area contributed by atoms with Crippen LogP contribution in [-0.2, 0) is 19.0 Å². The smallest absolute Gasteiger partial charge is 0.410 e. The molecule has 2 amide bonds. The SMILES string of the molecule is CC(C)(C)OC(=O)N1CCCC[C@H]1c1cc(N)n[nH]1.CCOC(=O)C=C(C)C.Cc1cc(=O)[nH]c2cc([C@@H]3CCCCN3C(=O)OC(C)(C)C)nn12. The van der Waals surface area contributed by atoms with Crippen LogP contribution in [0.5, 0.6) is 0 Å². The molecule has 52 heavy (non-hydrogen) atoms. The van der Waals surface area contributed by atoms with Crippen molar-refractivity contribution in [2.45, 2.75) is 131 Å². The van der Waals surface area contributed by atoms with Crippen LogP contribution in [0.4, 0.5) is 15.4 Å². The van der Waals surface area contributed by atoms with E-state index in [2.05, 4.69) is 25.0 Å². The summed E-state index contributed by atoms with van der Waals surface area (Å²) in [5, 5.41) is 11.4. The number of aromatic amines is 2. The molecule has 5 rings (SSSR count). The standard InChI is InChI=1S/C17H24N4O3.C13H22N4O2.C7H12O2/c1-11-9-15(22)18-14-10-12(19-21(11)14)13-7-5-6-8-20(13)16(23)24-17(2,3)4;1-13(2,3)19-12(18)17-7-5-4-6-10(17)9-8-11(14)16-15-9;1-4-9-7(8)5-6(2)3/h9-10,13H,5-8H2,1-4H3,(H,18,22);8,10H,4-7H2,1-3H3,(H3,14,15,16);5H,4H2,1-3H3/t13-;10-;/m00./s1. The molecular formula is C37H58N8O7. The van der Waals surface area contributed by atoms with Crippen molar-refractivity contribution in [3.63, 3.8) is 0 Å². The number of nitrogens with zero attached hydrogens (tertiary/aromatic N) is 5. The lowest BCUT2D eigenvalue weighted by atomic mass is 10.00. The number of likely N-dealkylation sites (tertiary alicyclic amines) is 2. The Labute approximate surface area is 306 Å². The monoisotopic (exact) mass is 726 g/mol. The number of ether oxygens (including phenoxy) is 3. The number of aromatic nitrogens is 5. The van der Waals surface area contributed by atoms with Gasteiger partial charge in [0.25, 0.3) is 5.56 Å². The quantitative estimate of drug-likeness (QED) is 0.147. The number of rotatable bonds is 4. The molecule has 0 radical (unpaired) electrons. The second-order valence-corrected chi connectivity index (χ2v) is 15.2. The number of esters is 1. The zero-order chi connectivity index (χ0) is 38.8. The van der Waals surface area contributed by atoms with Gasteiger partial charge in [0.2, 0.25) is 0 Å². The van der Waals surface area contributed by atoms with Gasteiger partial charge in [-0.1, -0.05) is 5.57 Å². The van der Waals surface area contributed by atoms with Crippen LogP contribution >= 0.6 is 0 Å². The highest BCUT2D eigenvalue weighted by Gasteiger charge is 2.34. The van der Waals surface area contributed by atoms with E-state index in [0.29, 0.717) is 31.2 Å². The van der Waals surface area contributed by atoms with Crippen LogP contribution in [0.3, 0.4) is 0 Å². The number of anilines is 1. The van der Waals surface area contributed by atoms with Gasteiger partial charge in [-0.3, -0.25) is 19.7 Å². The van der Waals surface area contributed by atoms with Gasteiger partial charge in [-0.15, -0.1) is 0 Å². The van der Waals surface area contributed by atoms with E-state index < -0.39 is 11.2 Å². The minimum Gasteiger partial charge on any atom is -0.463 e. The molecule has 288 valence electrons. The van der Waals surface area contributed by atoms with E-state index in [1.54, 1.807) is 27.3 Å². The summed E-state index contributed by atoms with van der Waals surface area (Å²) in [6, 6.07) is 5.00. The maximum absolute atomic E-state index is 12.5. The number of hydrogen-bond acceptors (Lipinski definition) is 10. The summed E-state index contributed by atoms with van der Waals surface area (Å²) < 4.78 is 17.3. The van der Waals surface area contributed by atoms with Gasteiger partial charge in [-0.2, -0.15) is 10.2 Å². The van der Waals surface area contributed by atoms with Crippen molar-refractivity contribution >= 4 is 29.6 Å². The molecule has 2 saturated heterocycles.